The second kappa shape index (κ2) is 6.62. The molecular formula is C17H17NO5S. The van der Waals surface area contributed by atoms with Crippen LogP contribution in [0.25, 0.3) is 0 Å². The van der Waals surface area contributed by atoms with E-state index in [4.69, 9.17) is 9.84 Å². The van der Waals surface area contributed by atoms with Crippen LogP contribution < -0.4 is 9.46 Å². The van der Waals surface area contributed by atoms with E-state index >= 15 is 0 Å². The van der Waals surface area contributed by atoms with Crippen molar-refractivity contribution in [2.45, 2.75) is 17.7 Å². The molecule has 126 valence electrons. The quantitative estimate of drug-likeness (QED) is 0.832. The molecule has 0 amide bonds. The molecule has 24 heavy (non-hydrogen) atoms. The first-order valence-electron chi connectivity index (χ1n) is 7.53. The highest BCUT2D eigenvalue weighted by Gasteiger charge is 2.15. The topological polar surface area (TPSA) is 92.7 Å². The highest BCUT2D eigenvalue weighted by molar-refractivity contribution is 7.89. The number of fused-ring (bicyclic) bond motifs is 1. The molecular weight excluding hydrogens is 330 g/mol. The van der Waals surface area contributed by atoms with E-state index in [1.54, 1.807) is 0 Å². The first kappa shape index (κ1) is 16.5. The lowest BCUT2D eigenvalue weighted by molar-refractivity contribution is 0.0696. The number of benzene rings is 2. The summed E-state index contributed by atoms with van der Waals surface area (Å²) in [6.45, 7) is 0.959. The van der Waals surface area contributed by atoms with E-state index in [0.717, 1.165) is 23.3 Å². The standard InChI is InChI=1S/C17H17NO5S/c19-17(20)13-2-4-15(5-3-13)24(21,22)18-9-7-12-1-6-16-14(11-12)8-10-23-16/h1-6,11,18H,7-10H2,(H,19,20). The van der Waals surface area contributed by atoms with Crippen LogP contribution in [0.4, 0.5) is 0 Å². The van der Waals surface area contributed by atoms with Gasteiger partial charge in [-0.25, -0.2) is 17.9 Å². The molecule has 0 saturated carbocycles. The molecule has 0 spiro atoms. The van der Waals surface area contributed by atoms with E-state index in [1.165, 1.54) is 24.3 Å². The van der Waals surface area contributed by atoms with Crippen molar-refractivity contribution in [3.8, 4) is 5.75 Å². The van der Waals surface area contributed by atoms with Gasteiger partial charge in [0.15, 0.2) is 0 Å². The van der Waals surface area contributed by atoms with Gasteiger partial charge in [-0.3, -0.25) is 0 Å². The molecule has 1 aliphatic rings. The maximum Gasteiger partial charge on any atom is 0.335 e. The summed E-state index contributed by atoms with van der Waals surface area (Å²) in [4.78, 5) is 10.8. The van der Waals surface area contributed by atoms with Gasteiger partial charge < -0.3 is 9.84 Å². The van der Waals surface area contributed by atoms with Crippen molar-refractivity contribution in [2.24, 2.45) is 0 Å². The number of hydrogen-bond donors (Lipinski definition) is 2. The fourth-order valence-corrected chi connectivity index (χ4v) is 3.62. The zero-order valence-electron chi connectivity index (χ0n) is 12.9. The number of carboxylic acids is 1. The molecule has 0 fully saturated rings. The van der Waals surface area contributed by atoms with Crippen molar-refractivity contribution in [1.82, 2.24) is 4.72 Å². The van der Waals surface area contributed by atoms with Gasteiger partial charge >= 0.3 is 5.97 Å². The highest BCUT2D eigenvalue weighted by atomic mass is 32.2. The zero-order chi connectivity index (χ0) is 17.2. The summed E-state index contributed by atoms with van der Waals surface area (Å²) in [5.41, 5.74) is 2.25. The Balaban J connectivity index is 1.61. The van der Waals surface area contributed by atoms with Crippen LogP contribution in [-0.2, 0) is 22.9 Å². The number of nitrogens with one attached hydrogen (secondary N) is 1. The Morgan fingerprint density at radius 2 is 1.92 bits per heavy atom. The maximum atomic E-state index is 12.2. The van der Waals surface area contributed by atoms with E-state index in [0.29, 0.717) is 13.0 Å². The largest absolute Gasteiger partial charge is 0.493 e. The minimum Gasteiger partial charge on any atom is -0.493 e. The average molecular weight is 347 g/mol. The van der Waals surface area contributed by atoms with Crippen LogP contribution in [-0.4, -0.2) is 32.6 Å². The van der Waals surface area contributed by atoms with Gasteiger partial charge in [-0.1, -0.05) is 12.1 Å². The first-order chi connectivity index (χ1) is 11.5. The van der Waals surface area contributed by atoms with Crippen molar-refractivity contribution < 1.29 is 23.1 Å². The number of aromatic carboxylic acids is 1. The molecule has 1 aliphatic heterocycles. The molecule has 2 aromatic rings. The Labute approximate surface area is 140 Å². The molecule has 7 heteroatoms. The van der Waals surface area contributed by atoms with Gasteiger partial charge in [0.05, 0.1) is 17.1 Å². The number of hydrogen-bond acceptors (Lipinski definition) is 4. The molecule has 0 unspecified atom stereocenters. The fourth-order valence-electron chi connectivity index (χ4n) is 2.59. The van der Waals surface area contributed by atoms with Crippen molar-refractivity contribution in [3.05, 3.63) is 59.2 Å². The number of sulfonamides is 1. The van der Waals surface area contributed by atoms with Crippen molar-refractivity contribution in [2.75, 3.05) is 13.2 Å². The van der Waals surface area contributed by atoms with Gasteiger partial charge in [0.25, 0.3) is 0 Å². The van der Waals surface area contributed by atoms with Gasteiger partial charge in [0.2, 0.25) is 10.0 Å². The van der Waals surface area contributed by atoms with Crippen LogP contribution in [0.3, 0.4) is 0 Å². The summed E-state index contributed by atoms with van der Waals surface area (Å²) in [6.07, 6.45) is 1.45. The summed E-state index contributed by atoms with van der Waals surface area (Å²) in [5, 5.41) is 8.84. The van der Waals surface area contributed by atoms with Crippen LogP contribution >= 0.6 is 0 Å². The van der Waals surface area contributed by atoms with Gasteiger partial charge in [-0.15, -0.1) is 0 Å². The Morgan fingerprint density at radius 1 is 1.17 bits per heavy atom. The number of ether oxygens (including phenoxy) is 1. The first-order valence-corrected chi connectivity index (χ1v) is 9.02. The lowest BCUT2D eigenvalue weighted by Crippen LogP contribution is -2.26. The second-order valence-corrected chi connectivity index (χ2v) is 7.28. The predicted molar refractivity (Wildman–Crippen MR) is 87.9 cm³/mol. The molecule has 2 N–H and O–H groups in total. The summed E-state index contributed by atoms with van der Waals surface area (Å²) in [6, 6.07) is 11.0. The third kappa shape index (κ3) is 3.58. The monoisotopic (exact) mass is 347 g/mol. The Kier molecular flexibility index (Phi) is 4.55. The van der Waals surface area contributed by atoms with E-state index in [-0.39, 0.29) is 17.0 Å². The molecule has 0 atom stereocenters. The minimum absolute atomic E-state index is 0.0503. The number of carboxylic acid groups (broad SMARTS) is 1. The molecule has 2 aromatic carbocycles. The minimum atomic E-state index is -3.65. The average Bonchev–Trinajstić information content (AvgIpc) is 3.02. The molecule has 1 heterocycles. The fraction of sp³-hybridized carbons (Fsp3) is 0.235. The Hall–Kier alpha value is -2.38. The summed E-state index contributed by atoms with van der Waals surface area (Å²) >= 11 is 0. The molecule has 0 saturated heterocycles. The van der Waals surface area contributed by atoms with Crippen LogP contribution in [0.1, 0.15) is 21.5 Å². The van der Waals surface area contributed by atoms with Gasteiger partial charge in [0, 0.05) is 13.0 Å². The zero-order valence-corrected chi connectivity index (χ0v) is 13.7. The SMILES string of the molecule is O=C(O)c1ccc(S(=O)(=O)NCCc2ccc3c(c2)CCO3)cc1. The maximum absolute atomic E-state index is 12.2. The number of rotatable bonds is 6. The van der Waals surface area contributed by atoms with Crippen LogP contribution in [0, 0.1) is 0 Å². The van der Waals surface area contributed by atoms with E-state index in [1.807, 2.05) is 18.2 Å². The van der Waals surface area contributed by atoms with Gasteiger partial charge in [0.1, 0.15) is 5.75 Å². The molecule has 3 rings (SSSR count). The lowest BCUT2D eigenvalue weighted by Gasteiger charge is -2.08. The number of carbonyl (C=O) groups is 1. The smallest absolute Gasteiger partial charge is 0.335 e. The van der Waals surface area contributed by atoms with Crippen molar-refractivity contribution in [1.29, 1.82) is 0 Å². The predicted octanol–water partition coefficient (Wildman–Crippen LogP) is 1.84. The Morgan fingerprint density at radius 3 is 2.62 bits per heavy atom. The Bertz CT molecular complexity index is 859. The third-order valence-electron chi connectivity index (χ3n) is 3.87. The van der Waals surface area contributed by atoms with Crippen molar-refractivity contribution in [3.63, 3.8) is 0 Å². The van der Waals surface area contributed by atoms with Gasteiger partial charge in [-0.05, 0) is 47.9 Å². The summed E-state index contributed by atoms with van der Waals surface area (Å²) in [7, 11) is -3.65. The summed E-state index contributed by atoms with van der Waals surface area (Å²) in [5.74, 6) is -0.189. The van der Waals surface area contributed by atoms with Crippen LogP contribution in [0.5, 0.6) is 5.75 Å². The van der Waals surface area contributed by atoms with E-state index in [2.05, 4.69) is 4.72 Å². The molecule has 6 nitrogen and oxygen atoms in total. The lowest BCUT2D eigenvalue weighted by atomic mass is 10.1. The van der Waals surface area contributed by atoms with Crippen LogP contribution in [0.2, 0.25) is 0 Å². The van der Waals surface area contributed by atoms with E-state index in [9.17, 15) is 13.2 Å². The highest BCUT2D eigenvalue weighted by Crippen LogP contribution is 2.25. The molecule has 0 aliphatic carbocycles. The molecule has 0 radical (unpaired) electrons. The molecule has 0 bridgehead atoms. The van der Waals surface area contributed by atoms with Gasteiger partial charge in [-0.2, -0.15) is 0 Å². The normalized spacial score (nSPS) is 13.3. The second-order valence-electron chi connectivity index (χ2n) is 5.52. The summed E-state index contributed by atoms with van der Waals surface area (Å²) < 4.78 is 32.4. The molecule has 0 aromatic heterocycles. The van der Waals surface area contributed by atoms with E-state index < -0.39 is 16.0 Å². The van der Waals surface area contributed by atoms with Crippen molar-refractivity contribution >= 4 is 16.0 Å². The van der Waals surface area contributed by atoms with Crippen LogP contribution in [0.15, 0.2) is 47.4 Å². The third-order valence-corrected chi connectivity index (χ3v) is 5.35.